The van der Waals surface area contributed by atoms with Crippen molar-refractivity contribution in [2.45, 2.75) is 33.1 Å². The molecule has 0 spiro atoms. The molecule has 0 saturated carbocycles. The van der Waals surface area contributed by atoms with Crippen LogP contribution in [0.15, 0.2) is 0 Å². The third kappa shape index (κ3) is 5.50. The third-order valence-electron chi connectivity index (χ3n) is 3.46. The second-order valence-electron chi connectivity index (χ2n) is 4.73. The van der Waals surface area contributed by atoms with E-state index in [-0.39, 0.29) is 5.91 Å². The summed E-state index contributed by atoms with van der Waals surface area (Å²) in [5.41, 5.74) is 0. The molecule has 1 fully saturated rings. The summed E-state index contributed by atoms with van der Waals surface area (Å²) in [6, 6.07) is 0. The van der Waals surface area contributed by atoms with Gasteiger partial charge in [0.15, 0.2) is 0 Å². The fourth-order valence-electron chi connectivity index (χ4n) is 2.33. The van der Waals surface area contributed by atoms with Gasteiger partial charge in [0, 0.05) is 26.1 Å². The molecule has 1 heterocycles. The van der Waals surface area contributed by atoms with Crippen molar-refractivity contribution in [1.29, 1.82) is 0 Å². The maximum absolute atomic E-state index is 11.7. The van der Waals surface area contributed by atoms with Crippen LogP contribution < -0.4 is 10.6 Å². The van der Waals surface area contributed by atoms with Crippen molar-refractivity contribution in [1.82, 2.24) is 15.5 Å². The van der Waals surface area contributed by atoms with E-state index in [0.29, 0.717) is 6.42 Å². The van der Waals surface area contributed by atoms with E-state index in [0.717, 1.165) is 45.2 Å². The Bertz CT molecular complexity index is 211. The molecule has 17 heavy (non-hydrogen) atoms. The molecule has 1 aliphatic heterocycles. The lowest BCUT2D eigenvalue weighted by atomic mass is 10.00. The lowest BCUT2D eigenvalue weighted by Gasteiger charge is -2.23. The first kappa shape index (κ1) is 14.5. The molecule has 1 aliphatic rings. The van der Waals surface area contributed by atoms with Crippen molar-refractivity contribution < 1.29 is 4.79 Å². The molecule has 1 saturated heterocycles. The van der Waals surface area contributed by atoms with E-state index in [1.165, 1.54) is 12.8 Å². The van der Waals surface area contributed by atoms with E-state index >= 15 is 0 Å². The Labute approximate surface area is 105 Å². The summed E-state index contributed by atoms with van der Waals surface area (Å²) < 4.78 is 0. The summed E-state index contributed by atoms with van der Waals surface area (Å²) in [6.45, 7) is 9.84. The highest BCUT2D eigenvalue weighted by Crippen LogP contribution is 2.08. The maximum atomic E-state index is 11.7. The Kier molecular flexibility index (Phi) is 7.21. The molecule has 4 nitrogen and oxygen atoms in total. The molecular weight excluding hydrogens is 214 g/mol. The first-order valence-corrected chi connectivity index (χ1v) is 6.97. The number of piperidine rings is 1. The van der Waals surface area contributed by atoms with Gasteiger partial charge in [-0.15, -0.1) is 0 Å². The Balaban J connectivity index is 2.04. The second kappa shape index (κ2) is 8.48. The predicted molar refractivity (Wildman–Crippen MR) is 71.0 cm³/mol. The fraction of sp³-hybridized carbons (Fsp3) is 0.923. The zero-order chi connectivity index (χ0) is 12.5. The molecule has 0 bridgehead atoms. The summed E-state index contributed by atoms with van der Waals surface area (Å²) in [5, 5.41) is 6.81. The van der Waals surface area contributed by atoms with E-state index in [2.05, 4.69) is 10.6 Å². The maximum Gasteiger partial charge on any atom is 0.223 e. The van der Waals surface area contributed by atoms with Gasteiger partial charge in [0.05, 0.1) is 0 Å². The van der Waals surface area contributed by atoms with Crippen molar-refractivity contribution in [3.05, 3.63) is 0 Å². The number of hydrogen-bond donors (Lipinski definition) is 2. The van der Waals surface area contributed by atoms with Gasteiger partial charge in [0.25, 0.3) is 0 Å². The van der Waals surface area contributed by atoms with Crippen LogP contribution in [-0.4, -0.2) is 50.1 Å². The number of hydrogen-bond acceptors (Lipinski definition) is 3. The van der Waals surface area contributed by atoms with Crippen LogP contribution in [0.25, 0.3) is 0 Å². The molecule has 0 aromatic rings. The average molecular weight is 241 g/mol. The minimum absolute atomic E-state index is 0.268. The molecule has 1 atom stereocenters. The van der Waals surface area contributed by atoms with E-state index in [1.807, 2.05) is 18.7 Å². The van der Waals surface area contributed by atoms with Gasteiger partial charge in [-0.1, -0.05) is 0 Å². The van der Waals surface area contributed by atoms with Crippen molar-refractivity contribution in [2.75, 3.05) is 39.3 Å². The van der Waals surface area contributed by atoms with E-state index in [9.17, 15) is 4.79 Å². The monoisotopic (exact) mass is 241 g/mol. The summed E-state index contributed by atoms with van der Waals surface area (Å²) in [4.78, 5) is 13.6. The second-order valence-corrected chi connectivity index (χ2v) is 4.73. The molecular formula is C13H27N3O. The van der Waals surface area contributed by atoms with Crippen LogP contribution in [0.5, 0.6) is 0 Å². The van der Waals surface area contributed by atoms with Crippen LogP contribution in [-0.2, 0) is 4.79 Å². The molecule has 0 aromatic heterocycles. The normalized spacial score (nSPS) is 20.2. The minimum Gasteiger partial charge on any atom is -0.343 e. The molecule has 100 valence electrons. The Morgan fingerprint density at radius 2 is 2.18 bits per heavy atom. The van der Waals surface area contributed by atoms with Crippen molar-refractivity contribution in [2.24, 2.45) is 5.92 Å². The van der Waals surface area contributed by atoms with Gasteiger partial charge in [-0.3, -0.25) is 4.79 Å². The Hall–Kier alpha value is -0.610. The molecule has 1 unspecified atom stereocenters. The third-order valence-corrected chi connectivity index (χ3v) is 3.46. The topological polar surface area (TPSA) is 44.4 Å². The summed E-state index contributed by atoms with van der Waals surface area (Å²) in [6.07, 6.45) is 3.22. The zero-order valence-electron chi connectivity index (χ0n) is 11.3. The van der Waals surface area contributed by atoms with E-state index in [1.54, 1.807) is 0 Å². The molecule has 1 amide bonds. The van der Waals surface area contributed by atoms with Crippen molar-refractivity contribution in [3.63, 3.8) is 0 Å². The summed E-state index contributed by atoms with van der Waals surface area (Å²) in [7, 11) is 0. The Morgan fingerprint density at radius 3 is 2.76 bits per heavy atom. The van der Waals surface area contributed by atoms with Crippen LogP contribution in [0.2, 0.25) is 0 Å². The number of carbonyl (C=O) groups is 1. The van der Waals surface area contributed by atoms with Gasteiger partial charge < -0.3 is 15.5 Å². The van der Waals surface area contributed by atoms with Crippen LogP contribution in [0.3, 0.4) is 0 Å². The first-order valence-electron chi connectivity index (χ1n) is 6.97. The fourth-order valence-corrected chi connectivity index (χ4v) is 2.33. The van der Waals surface area contributed by atoms with Crippen LogP contribution in [0.1, 0.15) is 33.1 Å². The molecule has 1 rings (SSSR count). The number of nitrogens with zero attached hydrogens (tertiary/aromatic N) is 1. The predicted octanol–water partition coefficient (Wildman–Crippen LogP) is 0.834. The van der Waals surface area contributed by atoms with Gasteiger partial charge >= 0.3 is 0 Å². The largest absolute Gasteiger partial charge is 0.343 e. The molecule has 4 heteroatoms. The van der Waals surface area contributed by atoms with Crippen molar-refractivity contribution >= 4 is 5.91 Å². The van der Waals surface area contributed by atoms with Gasteiger partial charge in [-0.05, 0) is 52.2 Å². The first-order chi connectivity index (χ1) is 8.27. The quantitative estimate of drug-likeness (QED) is 0.649. The number of nitrogens with one attached hydrogen (secondary N) is 2. The van der Waals surface area contributed by atoms with Gasteiger partial charge in [-0.2, -0.15) is 0 Å². The minimum atomic E-state index is 0.268. The van der Waals surface area contributed by atoms with Crippen LogP contribution in [0, 0.1) is 5.92 Å². The van der Waals surface area contributed by atoms with Crippen LogP contribution in [0.4, 0.5) is 0 Å². The number of carbonyl (C=O) groups excluding carboxylic acids is 1. The Morgan fingerprint density at radius 1 is 1.41 bits per heavy atom. The smallest absolute Gasteiger partial charge is 0.223 e. The highest BCUT2D eigenvalue weighted by atomic mass is 16.2. The highest BCUT2D eigenvalue weighted by molar-refractivity contribution is 5.76. The molecule has 0 aliphatic carbocycles. The van der Waals surface area contributed by atoms with Crippen molar-refractivity contribution in [3.8, 4) is 0 Å². The van der Waals surface area contributed by atoms with Gasteiger partial charge in [0.2, 0.25) is 5.91 Å². The average Bonchev–Trinajstić information content (AvgIpc) is 2.37. The van der Waals surface area contributed by atoms with E-state index in [4.69, 9.17) is 0 Å². The SMILES string of the molecule is CCN(CC)C(=O)CCNCC1CCCNC1. The standard InChI is InChI=1S/C13H27N3O/c1-3-16(4-2)13(17)7-9-15-11-12-6-5-8-14-10-12/h12,14-15H,3-11H2,1-2H3. The van der Waals surface area contributed by atoms with Gasteiger partial charge in [-0.25, -0.2) is 0 Å². The summed E-state index contributed by atoms with van der Waals surface area (Å²) in [5.74, 6) is 1.01. The van der Waals surface area contributed by atoms with Crippen LogP contribution >= 0.6 is 0 Å². The lowest BCUT2D eigenvalue weighted by Crippen LogP contribution is -2.37. The lowest BCUT2D eigenvalue weighted by molar-refractivity contribution is -0.130. The molecule has 0 aromatic carbocycles. The van der Waals surface area contributed by atoms with Gasteiger partial charge in [0.1, 0.15) is 0 Å². The zero-order valence-corrected chi connectivity index (χ0v) is 11.3. The number of amides is 1. The summed E-state index contributed by atoms with van der Waals surface area (Å²) >= 11 is 0. The molecule has 0 radical (unpaired) electrons. The molecule has 2 N–H and O–H groups in total. The van der Waals surface area contributed by atoms with E-state index < -0.39 is 0 Å². The highest BCUT2D eigenvalue weighted by Gasteiger charge is 2.13. The number of rotatable bonds is 7.